The van der Waals surface area contributed by atoms with Crippen LogP contribution >= 0.6 is 0 Å². The quantitative estimate of drug-likeness (QED) is 0.473. The van der Waals surface area contributed by atoms with Gasteiger partial charge in [0, 0.05) is 23.0 Å². The van der Waals surface area contributed by atoms with Crippen LogP contribution in [0.4, 0.5) is 17.2 Å². The smallest absolute Gasteiger partial charge is 0.175 e. The molecule has 0 saturated heterocycles. The Labute approximate surface area is 169 Å². The summed E-state index contributed by atoms with van der Waals surface area (Å²) >= 11 is 0. The van der Waals surface area contributed by atoms with Crippen molar-refractivity contribution in [3.8, 4) is 0 Å². The van der Waals surface area contributed by atoms with Gasteiger partial charge in [0.15, 0.2) is 9.84 Å². The first-order chi connectivity index (χ1) is 13.9. The van der Waals surface area contributed by atoms with Crippen LogP contribution in [0.25, 0.3) is 10.9 Å². The lowest BCUT2D eigenvalue weighted by atomic mass is 10.1. The van der Waals surface area contributed by atoms with Crippen LogP contribution < -0.4 is 10.6 Å². The predicted octanol–water partition coefficient (Wildman–Crippen LogP) is 4.90. The Hall–Kier alpha value is -3.32. The molecule has 0 aliphatic carbocycles. The van der Waals surface area contributed by atoms with Crippen molar-refractivity contribution in [1.29, 1.82) is 0 Å². The zero-order valence-corrected chi connectivity index (χ0v) is 17.0. The summed E-state index contributed by atoms with van der Waals surface area (Å²) in [7, 11) is -3.21. The predicted molar refractivity (Wildman–Crippen MR) is 115 cm³/mol. The molecule has 6 nitrogen and oxygen atoms in total. The van der Waals surface area contributed by atoms with Gasteiger partial charge in [-0.1, -0.05) is 6.07 Å². The Morgan fingerprint density at radius 1 is 0.966 bits per heavy atom. The maximum Gasteiger partial charge on any atom is 0.175 e. The average molecular weight is 407 g/mol. The summed E-state index contributed by atoms with van der Waals surface area (Å²) in [5.41, 5.74) is 2.55. The molecule has 0 saturated carbocycles. The fourth-order valence-corrected chi connectivity index (χ4v) is 3.69. The normalized spacial score (nSPS) is 11.5. The molecule has 2 aromatic carbocycles. The average Bonchev–Trinajstić information content (AvgIpc) is 3.11. The Balaban J connectivity index is 1.54. The van der Waals surface area contributed by atoms with Crippen LogP contribution in [0.2, 0.25) is 0 Å². The van der Waals surface area contributed by atoms with Gasteiger partial charge in [-0.3, -0.25) is 0 Å². The number of aromatic nitrogens is 1. The third-order valence-corrected chi connectivity index (χ3v) is 5.66. The van der Waals surface area contributed by atoms with Gasteiger partial charge in [-0.25, -0.2) is 13.4 Å². The number of sulfone groups is 1. The van der Waals surface area contributed by atoms with E-state index in [-0.39, 0.29) is 0 Å². The lowest BCUT2D eigenvalue weighted by Crippen LogP contribution is -2.01. The number of hydrogen-bond donors (Lipinski definition) is 2. The second-order valence-corrected chi connectivity index (χ2v) is 8.87. The first-order valence-corrected chi connectivity index (χ1v) is 11.0. The molecule has 0 amide bonds. The number of furan rings is 1. The minimum atomic E-state index is -3.21. The molecule has 2 aromatic heterocycles. The van der Waals surface area contributed by atoms with E-state index < -0.39 is 9.84 Å². The molecule has 2 heterocycles. The van der Waals surface area contributed by atoms with Gasteiger partial charge in [0.25, 0.3) is 0 Å². The molecule has 7 heteroatoms. The summed E-state index contributed by atoms with van der Waals surface area (Å²) in [6.07, 6.45) is 1.20. The van der Waals surface area contributed by atoms with Gasteiger partial charge in [-0.05, 0) is 67.6 Å². The molecule has 0 unspecified atom stereocenters. The second-order valence-electron chi connectivity index (χ2n) is 6.86. The van der Waals surface area contributed by atoms with Gasteiger partial charge >= 0.3 is 0 Å². The van der Waals surface area contributed by atoms with Crippen molar-refractivity contribution in [3.63, 3.8) is 0 Å². The highest BCUT2D eigenvalue weighted by Crippen LogP contribution is 2.27. The highest BCUT2D eigenvalue weighted by molar-refractivity contribution is 7.90. The number of aryl methyl sites for hydroxylation is 1. The van der Waals surface area contributed by atoms with Gasteiger partial charge in [-0.2, -0.15) is 0 Å². The molecule has 148 valence electrons. The third-order valence-electron chi connectivity index (χ3n) is 4.53. The van der Waals surface area contributed by atoms with Crippen molar-refractivity contribution in [3.05, 3.63) is 78.3 Å². The van der Waals surface area contributed by atoms with Gasteiger partial charge < -0.3 is 15.1 Å². The van der Waals surface area contributed by atoms with E-state index in [0.717, 1.165) is 39.6 Å². The van der Waals surface area contributed by atoms with Crippen molar-refractivity contribution in [2.75, 3.05) is 16.9 Å². The number of benzene rings is 2. The Bertz CT molecular complexity index is 1260. The Kier molecular flexibility index (Phi) is 4.98. The highest BCUT2D eigenvalue weighted by atomic mass is 32.2. The molecule has 4 rings (SSSR count). The molecule has 0 atom stereocenters. The summed E-state index contributed by atoms with van der Waals surface area (Å²) in [6, 6.07) is 20.4. The molecule has 0 radical (unpaired) electrons. The van der Waals surface area contributed by atoms with Crippen molar-refractivity contribution in [2.24, 2.45) is 0 Å². The maximum atomic E-state index is 11.6. The summed E-state index contributed by atoms with van der Waals surface area (Å²) in [5, 5.41) is 7.58. The summed E-state index contributed by atoms with van der Waals surface area (Å²) < 4.78 is 28.8. The minimum absolute atomic E-state index is 0.296. The number of anilines is 3. The van der Waals surface area contributed by atoms with Crippen LogP contribution in [0.5, 0.6) is 0 Å². The summed E-state index contributed by atoms with van der Waals surface area (Å²) in [4.78, 5) is 4.97. The molecule has 2 N–H and O–H groups in total. The van der Waals surface area contributed by atoms with E-state index in [1.165, 1.54) is 6.26 Å². The van der Waals surface area contributed by atoms with Crippen molar-refractivity contribution >= 4 is 37.9 Å². The number of nitrogens with zero attached hydrogens (tertiary/aromatic N) is 1. The van der Waals surface area contributed by atoms with Crippen molar-refractivity contribution in [2.45, 2.75) is 18.4 Å². The lowest BCUT2D eigenvalue weighted by molar-refractivity contribution is 0.490. The molecule has 0 fully saturated rings. The van der Waals surface area contributed by atoms with Gasteiger partial charge in [0.2, 0.25) is 0 Å². The lowest BCUT2D eigenvalue weighted by Gasteiger charge is -2.11. The van der Waals surface area contributed by atoms with Gasteiger partial charge in [0.05, 0.1) is 17.0 Å². The van der Waals surface area contributed by atoms with E-state index in [2.05, 4.69) is 15.6 Å². The van der Waals surface area contributed by atoms with Crippen LogP contribution in [0.15, 0.2) is 76.0 Å². The van der Waals surface area contributed by atoms with Crippen LogP contribution in [0, 0.1) is 6.92 Å². The fraction of sp³-hybridized carbons (Fsp3) is 0.136. The van der Waals surface area contributed by atoms with Gasteiger partial charge in [0.1, 0.15) is 17.3 Å². The molecule has 0 aliphatic rings. The van der Waals surface area contributed by atoms with Crippen molar-refractivity contribution < 1.29 is 12.8 Å². The second kappa shape index (κ2) is 7.60. The Morgan fingerprint density at radius 2 is 1.76 bits per heavy atom. The largest absolute Gasteiger partial charge is 0.465 e. The molecular weight excluding hydrogens is 386 g/mol. The number of fused-ring (bicyclic) bond motifs is 1. The van der Waals surface area contributed by atoms with E-state index in [4.69, 9.17) is 4.42 Å². The summed E-state index contributed by atoms with van der Waals surface area (Å²) in [6.45, 7) is 2.48. The van der Waals surface area contributed by atoms with E-state index in [1.807, 2.05) is 49.4 Å². The topological polar surface area (TPSA) is 84.2 Å². The zero-order valence-electron chi connectivity index (χ0n) is 16.1. The van der Waals surface area contributed by atoms with E-state index >= 15 is 0 Å². The Morgan fingerprint density at radius 3 is 2.45 bits per heavy atom. The van der Waals surface area contributed by atoms with Crippen LogP contribution in [0.1, 0.15) is 11.5 Å². The van der Waals surface area contributed by atoms with Crippen molar-refractivity contribution in [1.82, 2.24) is 4.98 Å². The standard InChI is InChI=1S/C22H21N3O3S/c1-15-6-9-17(28-15)14-23-22-13-12-19-20(4-3-5-21(19)25-22)24-16-7-10-18(11-8-16)29(2,26)27/h3-13,24H,14H2,1-2H3,(H,23,25). The minimum Gasteiger partial charge on any atom is -0.465 e. The fourth-order valence-electron chi connectivity index (χ4n) is 3.06. The maximum absolute atomic E-state index is 11.6. The molecular formula is C22H21N3O3S. The van der Waals surface area contributed by atoms with E-state index in [1.54, 1.807) is 24.3 Å². The number of hydrogen-bond acceptors (Lipinski definition) is 6. The number of pyridine rings is 1. The zero-order chi connectivity index (χ0) is 20.4. The first-order valence-electron chi connectivity index (χ1n) is 9.15. The van der Waals surface area contributed by atoms with Crippen LogP contribution in [-0.2, 0) is 16.4 Å². The molecule has 0 bridgehead atoms. The molecule has 0 spiro atoms. The van der Waals surface area contributed by atoms with Gasteiger partial charge in [-0.15, -0.1) is 0 Å². The molecule has 0 aliphatic heterocycles. The summed E-state index contributed by atoms with van der Waals surface area (Å²) in [5.74, 6) is 2.51. The monoisotopic (exact) mass is 407 g/mol. The van der Waals surface area contributed by atoms with Crippen LogP contribution in [-0.4, -0.2) is 19.7 Å². The molecule has 4 aromatic rings. The molecule has 29 heavy (non-hydrogen) atoms. The number of nitrogens with one attached hydrogen (secondary N) is 2. The van der Waals surface area contributed by atoms with Crippen LogP contribution in [0.3, 0.4) is 0 Å². The van der Waals surface area contributed by atoms with E-state index in [9.17, 15) is 8.42 Å². The highest BCUT2D eigenvalue weighted by Gasteiger charge is 2.08. The first kappa shape index (κ1) is 19.0. The third kappa shape index (κ3) is 4.41. The van der Waals surface area contributed by atoms with E-state index in [0.29, 0.717) is 11.4 Å². The SMILES string of the molecule is Cc1ccc(CNc2ccc3c(Nc4ccc(S(C)(=O)=O)cc4)cccc3n2)o1. The number of rotatable bonds is 6.